The molecule has 1 aliphatic rings. The van der Waals surface area contributed by atoms with Crippen LogP contribution in [0.4, 0.5) is 11.5 Å². The minimum Gasteiger partial charge on any atom is -0.384 e. The van der Waals surface area contributed by atoms with Gasteiger partial charge in [-0.15, -0.1) is 0 Å². The maximum atomic E-state index is 12.0. The fraction of sp³-hybridized carbons (Fsp3) is 0.538. The van der Waals surface area contributed by atoms with Crippen molar-refractivity contribution in [3.8, 4) is 0 Å². The van der Waals surface area contributed by atoms with E-state index in [2.05, 4.69) is 10.3 Å². The van der Waals surface area contributed by atoms with Crippen molar-refractivity contribution in [2.75, 3.05) is 11.1 Å². The van der Waals surface area contributed by atoms with Crippen LogP contribution in [0, 0.1) is 5.92 Å². The van der Waals surface area contributed by atoms with Crippen molar-refractivity contribution >= 4 is 17.4 Å². The molecule has 0 atom stereocenters. The Labute approximate surface area is 102 Å². The minimum absolute atomic E-state index is 0.124. The highest BCUT2D eigenvalue weighted by molar-refractivity contribution is 5.92. The summed E-state index contributed by atoms with van der Waals surface area (Å²) >= 11 is 0. The molecule has 92 valence electrons. The van der Waals surface area contributed by atoms with Crippen LogP contribution >= 0.6 is 0 Å². The van der Waals surface area contributed by atoms with Crippen molar-refractivity contribution in [2.45, 2.75) is 38.5 Å². The number of aromatic nitrogens is 1. The topological polar surface area (TPSA) is 68.0 Å². The van der Waals surface area contributed by atoms with Crippen molar-refractivity contribution in [3.05, 3.63) is 18.3 Å². The molecule has 3 N–H and O–H groups in total. The number of rotatable bonds is 2. The lowest BCUT2D eigenvalue weighted by Crippen LogP contribution is -2.22. The molecular formula is C13H19N3O. The number of nitrogens with two attached hydrogens (primary N) is 1. The molecule has 0 aliphatic heterocycles. The molecule has 0 saturated heterocycles. The number of pyridine rings is 1. The Bertz CT molecular complexity index is 367. The van der Waals surface area contributed by atoms with Crippen molar-refractivity contribution in [1.29, 1.82) is 0 Å². The predicted octanol–water partition coefficient (Wildman–Crippen LogP) is 2.57. The van der Waals surface area contributed by atoms with Gasteiger partial charge in [0.2, 0.25) is 5.91 Å². The number of hydrogen-bond acceptors (Lipinski definition) is 3. The van der Waals surface area contributed by atoms with Gasteiger partial charge >= 0.3 is 0 Å². The third-order valence-corrected chi connectivity index (χ3v) is 3.28. The van der Waals surface area contributed by atoms with Crippen LogP contribution in [0.2, 0.25) is 0 Å². The summed E-state index contributed by atoms with van der Waals surface area (Å²) in [5.74, 6) is 0.756. The van der Waals surface area contributed by atoms with Crippen LogP contribution in [-0.2, 0) is 4.79 Å². The van der Waals surface area contributed by atoms with Gasteiger partial charge in [-0.1, -0.05) is 25.7 Å². The van der Waals surface area contributed by atoms with E-state index in [1.807, 2.05) is 0 Å². The maximum absolute atomic E-state index is 12.0. The first-order valence-corrected chi connectivity index (χ1v) is 6.28. The molecule has 1 aromatic heterocycles. The first-order chi connectivity index (χ1) is 8.25. The zero-order valence-electron chi connectivity index (χ0n) is 9.98. The Kier molecular flexibility index (Phi) is 3.96. The summed E-state index contributed by atoms with van der Waals surface area (Å²) in [6, 6.07) is 3.49. The lowest BCUT2D eigenvalue weighted by Gasteiger charge is -2.13. The van der Waals surface area contributed by atoms with Crippen LogP contribution in [0.5, 0.6) is 0 Å². The highest BCUT2D eigenvalue weighted by Gasteiger charge is 2.19. The minimum atomic E-state index is 0.124. The third kappa shape index (κ3) is 3.44. The summed E-state index contributed by atoms with van der Waals surface area (Å²) in [5.41, 5.74) is 6.23. The first kappa shape index (κ1) is 11.9. The van der Waals surface area contributed by atoms with Crippen LogP contribution < -0.4 is 11.1 Å². The molecule has 1 aromatic rings. The van der Waals surface area contributed by atoms with E-state index in [0.29, 0.717) is 5.82 Å². The fourth-order valence-corrected chi connectivity index (χ4v) is 2.27. The lowest BCUT2D eigenvalue weighted by atomic mass is 9.99. The second-order valence-electron chi connectivity index (χ2n) is 4.65. The van der Waals surface area contributed by atoms with Gasteiger partial charge in [-0.25, -0.2) is 4.98 Å². The maximum Gasteiger partial charge on any atom is 0.227 e. The van der Waals surface area contributed by atoms with Crippen LogP contribution in [0.15, 0.2) is 18.3 Å². The Hall–Kier alpha value is -1.58. The average Bonchev–Trinajstić information content (AvgIpc) is 2.61. The zero-order valence-corrected chi connectivity index (χ0v) is 9.98. The van der Waals surface area contributed by atoms with E-state index in [0.717, 1.165) is 31.4 Å². The lowest BCUT2D eigenvalue weighted by molar-refractivity contribution is -0.120. The normalized spacial score (nSPS) is 17.4. The molecule has 4 nitrogen and oxygen atoms in total. The number of nitrogens with one attached hydrogen (secondary N) is 1. The van der Waals surface area contributed by atoms with E-state index in [1.54, 1.807) is 18.3 Å². The van der Waals surface area contributed by atoms with Crippen molar-refractivity contribution < 1.29 is 4.79 Å². The van der Waals surface area contributed by atoms with E-state index in [-0.39, 0.29) is 11.8 Å². The quantitative estimate of drug-likeness (QED) is 0.771. The van der Waals surface area contributed by atoms with Gasteiger partial charge in [0.05, 0.1) is 11.9 Å². The Morgan fingerprint density at radius 1 is 1.24 bits per heavy atom. The molecule has 4 heteroatoms. The second kappa shape index (κ2) is 5.66. The van der Waals surface area contributed by atoms with Crippen molar-refractivity contribution in [3.63, 3.8) is 0 Å². The summed E-state index contributed by atoms with van der Waals surface area (Å²) in [4.78, 5) is 16.0. The van der Waals surface area contributed by atoms with Gasteiger partial charge in [0.25, 0.3) is 0 Å². The number of carbonyl (C=O) groups is 1. The van der Waals surface area contributed by atoms with Gasteiger partial charge in [-0.2, -0.15) is 0 Å². The molecule has 0 aromatic carbocycles. The smallest absolute Gasteiger partial charge is 0.227 e. The molecule has 0 bridgehead atoms. The molecule has 1 aliphatic carbocycles. The summed E-state index contributed by atoms with van der Waals surface area (Å²) in [7, 11) is 0. The second-order valence-corrected chi connectivity index (χ2v) is 4.65. The van der Waals surface area contributed by atoms with Gasteiger partial charge in [0.15, 0.2) is 0 Å². The SMILES string of the molecule is Nc1ccc(NC(=O)C2CCCCCC2)cn1. The number of nitrogens with zero attached hydrogens (tertiary/aromatic N) is 1. The number of nitrogen functional groups attached to an aromatic ring is 1. The van der Waals surface area contributed by atoms with Gasteiger partial charge in [-0.05, 0) is 25.0 Å². The molecule has 0 spiro atoms. The van der Waals surface area contributed by atoms with Gasteiger partial charge in [-0.3, -0.25) is 4.79 Å². The van der Waals surface area contributed by atoms with Crippen molar-refractivity contribution in [1.82, 2.24) is 4.98 Å². The Morgan fingerprint density at radius 2 is 1.94 bits per heavy atom. The summed E-state index contributed by atoms with van der Waals surface area (Å²) < 4.78 is 0. The summed E-state index contributed by atoms with van der Waals surface area (Å²) in [6.45, 7) is 0. The molecule has 0 radical (unpaired) electrons. The van der Waals surface area contributed by atoms with Crippen LogP contribution in [0.25, 0.3) is 0 Å². The first-order valence-electron chi connectivity index (χ1n) is 6.28. The molecular weight excluding hydrogens is 214 g/mol. The molecule has 0 unspecified atom stereocenters. The predicted molar refractivity (Wildman–Crippen MR) is 68.5 cm³/mol. The molecule has 1 heterocycles. The Balaban J connectivity index is 1.93. The van der Waals surface area contributed by atoms with E-state index >= 15 is 0 Å². The zero-order chi connectivity index (χ0) is 12.1. The summed E-state index contributed by atoms with van der Waals surface area (Å²) in [5, 5.41) is 2.91. The number of carbonyl (C=O) groups excluding carboxylic acids is 1. The van der Waals surface area contributed by atoms with Crippen LogP contribution in [-0.4, -0.2) is 10.9 Å². The van der Waals surface area contributed by atoms with Gasteiger partial charge in [0, 0.05) is 5.92 Å². The monoisotopic (exact) mass is 233 g/mol. The third-order valence-electron chi connectivity index (χ3n) is 3.28. The number of anilines is 2. The molecule has 17 heavy (non-hydrogen) atoms. The van der Waals surface area contributed by atoms with Crippen LogP contribution in [0.3, 0.4) is 0 Å². The van der Waals surface area contributed by atoms with Gasteiger partial charge < -0.3 is 11.1 Å². The molecule has 1 fully saturated rings. The van der Waals surface area contributed by atoms with Crippen molar-refractivity contribution in [2.24, 2.45) is 5.92 Å². The number of amides is 1. The molecule has 1 amide bonds. The highest BCUT2D eigenvalue weighted by atomic mass is 16.1. The standard InChI is InChI=1S/C13H19N3O/c14-12-8-7-11(9-15-12)16-13(17)10-5-3-1-2-4-6-10/h7-10H,1-6H2,(H2,14,15)(H,16,17). The van der Waals surface area contributed by atoms with E-state index in [1.165, 1.54) is 12.8 Å². The van der Waals surface area contributed by atoms with Gasteiger partial charge in [0.1, 0.15) is 5.82 Å². The van der Waals surface area contributed by atoms with E-state index < -0.39 is 0 Å². The number of hydrogen-bond donors (Lipinski definition) is 2. The summed E-state index contributed by atoms with van der Waals surface area (Å²) in [6.07, 6.45) is 8.46. The average molecular weight is 233 g/mol. The molecule has 2 rings (SSSR count). The fourth-order valence-electron chi connectivity index (χ4n) is 2.27. The Morgan fingerprint density at radius 3 is 2.53 bits per heavy atom. The van der Waals surface area contributed by atoms with E-state index in [9.17, 15) is 4.79 Å². The largest absolute Gasteiger partial charge is 0.384 e. The molecule has 1 saturated carbocycles. The highest BCUT2D eigenvalue weighted by Crippen LogP contribution is 2.24. The van der Waals surface area contributed by atoms with E-state index in [4.69, 9.17) is 5.73 Å². The van der Waals surface area contributed by atoms with Crippen LogP contribution in [0.1, 0.15) is 38.5 Å².